The maximum Gasteiger partial charge on any atom is 0.0331 e. The summed E-state index contributed by atoms with van der Waals surface area (Å²) in [7, 11) is 2.30. The molecule has 0 aromatic heterocycles. The molecule has 0 aliphatic heterocycles. The van der Waals surface area contributed by atoms with Gasteiger partial charge in [-0.25, -0.2) is 0 Å². The van der Waals surface area contributed by atoms with Crippen molar-refractivity contribution in [3.63, 3.8) is 0 Å². The van der Waals surface area contributed by atoms with Crippen LogP contribution in [0.4, 0.5) is 0 Å². The molecule has 1 saturated carbocycles. The van der Waals surface area contributed by atoms with Gasteiger partial charge in [-0.3, -0.25) is 4.90 Å². The van der Waals surface area contributed by atoms with Crippen LogP contribution in [-0.2, 0) is 0 Å². The molecule has 0 saturated heterocycles. The fraction of sp³-hybridized carbons (Fsp3) is 1.00. The molecule has 2 N–H and O–H groups in total. The van der Waals surface area contributed by atoms with Crippen LogP contribution in [0.3, 0.4) is 0 Å². The van der Waals surface area contributed by atoms with Crippen LogP contribution in [0.25, 0.3) is 0 Å². The van der Waals surface area contributed by atoms with Gasteiger partial charge in [0.25, 0.3) is 0 Å². The molecule has 1 aliphatic carbocycles. The van der Waals surface area contributed by atoms with Crippen molar-refractivity contribution in [1.29, 1.82) is 0 Å². The first kappa shape index (κ1) is 18.0. The maximum atomic E-state index is 6.22. The molecule has 0 aromatic carbocycles. The minimum Gasteiger partial charge on any atom is -0.329 e. The van der Waals surface area contributed by atoms with E-state index in [1.54, 1.807) is 0 Å². The molecule has 0 spiro atoms. The molecule has 0 bridgehead atoms. The van der Waals surface area contributed by atoms with E-state index in [2.05, 4.69) is 53.5 Å². The second-order valence-corrected chi connectivity index (χ2v) is 8.66. The molecule has 0 amide bonds. The van der Waals surface area contributed by atoms with Crippen LogP contribution in [0.15, 0.2) is 0 Å². The molecule has 120 valence electrons. The quantitative estimate of drug-likeness (QED) is 0.815. The molecule has 1 fully saturated rings. The largest absolute Gasteiger partial charge is 0.329 e. The van der Waals surface area contributed by atoms with Crippen LogP contribution < -0.4 is 5.73 Å². The predicted octanol–water partition coefficient (Wildman–Crippen LogP) is 4.29. The van der Waals surface area contributed by atoms with Crippen molar-refractivity contribution in [2.45, 2.75) is 85.2 Å². The van der Waals surface area contributed by atoms with Gasteiger partial charge in [-0.1, -0.05) is 34.6 Å². The molecule has 1 aliphatic rings. The second kappa shape index (κ2) is 6.79. The summed E-state index contributed by atoms with van der Waals surface area (Å²) in [5.74, 6) is 1.61. The standard InChI is InChI=1S/C18H38N2/c1-14(2)12-15(3)20(7)18(13-19)10-8-16(9-11-18)17(4,5)6/h14-16H,8-13,19H2,1-7H3. The van der Waals surface area contributed by atoms with E-state index in [-0.39, 0.29) is 5.54 Å². The highest BCUT2D eigenvalue weighted by Crippen LogP contribution is 2.43. The Hall–Kier alpha value is -0.0800. The minimum atomic E-state index is 0.246. The van der Waals surface area contributed by atoms with Crippen molar-refractivity contribution in [3.8, 4) is 0 Å². The molecule has 1 rings (SSSR count). The van der Waals surface area contributed by atoms with Gasteiger partial charge in [0.05, 0.1) is 0 Å². The average Bonchev–Trinajstić information content (AvgIpc) is 2.36. The summed E-state index contributed by atoms with van der Waals surface area (Å²) in [5.41, 5.74) is 6.91. The van der Waals surface area contributed by atoms with Crippen LogP contribution in [0.5, 0.6) is 0 Å². The highest BCUT2D eigenvalue weighted by Gasteiger charge is 2.41. The number of likely N-dealkylation sites (N-methyl/N-ethyl adjacent to an activating group) is 1. The van der Waals surface area contributed by atoms with Gasteiger partial charge < -0.3 is 5.73 Å². The molecule has 0 radical (unpaired) electrons. The first-order valence-electron chi connectivity index (χ1n) is 8.55. The van der Waals surface area contributed by atoms with Gasteiger partial charge in [0, 0.05) is 18.1 Å². The van der Waals surface area contributed by atoms with E-state index in [1.165, 1.54) is 32.1 Å². The van der Waals surface area contributed by atoms with Crippen LogP contribution in [0.1, 0.15) is 73.6 Å². The topological polar surface area (TPSA) is 29.3 Å². The zero-order valence-corrected chi connectivity index (χ0v) is 15.0. The lowest BCUT2D eigenvalue weighted by Gasteiger charge is -2.50. The Balaban J connectivity index is 2.71. The van der Waals surface area contributed by atoms with E-state index in [0.717, 1.165) is 18.4 Å². The SMILES string of the molecule is CC(C)CC(C)N(C)C1(CN)CCC(C(C)(C)C)CC1. The smallest absolute Gasteiger partial charge is 0.0331 e. The summed E-state index contributed by atoms with van der Waals surface area (Å²) >= 11 is 0. The molecular weight excluding hydrogens is 244 g/mol. The van der Waals surface area contributed by atoms with Crippen LogP contribution in [0, 0.1) is 17.3 Å². The summed E-state index contributed by atoms with van der Waals surface area (Å²) in [6.45, 7) is 15.0. The van der Waals surface area contributed by atoms with Crippen molar-refractivity contribution >= 4 is 0 Å². The third kappa shape index (κ3) is 4.21. The van der Waals surface area contributed by atoms with Gasteiger partial charge in [-0.05, 0) is 63.3 Å². The summed E-state index contributed by atoms with van der Waals surface area (Å²) in [6, 6.07) is 0.629. The molecule has 1 unspecified atom stereocenters. The second-order valence-electron chi connectivity index (χ2n) is 8.66. The van der Waals surface area contributed by atoms with E-state index in [1.807, 2.05) is 0 Å². The van der Waals surface area contributed by atoms with Gasteiger partial charge >= 0.3 is 0 Å². The highest BCUT2D eigenvalue weighted by atomic mass is 15.2. The lowest BCUT2D eigenvalue weighted by molar-refractivity contribution is 0.0110. The molecule has 20 heavy (non-hydrogen) atoms. The third-order valence-corrected chi connectivity index (χ3v) is 5.74. The van der Waals surface area contributed by atoms with Gasteiger partial charge in [0.15, 0.2) is 0 Å². The van der Waals surface area contributed by atoms with Crippen molar-refractivity contribution in [3.05, 3.63) is 0 Å². The van der Waals surface area contributed by atoms with Crippen molar-refractivity contribution in [2.24, 2.45) is 23.0 Å². The number of nitrogens with two attached hydrogens (primary N) is 1. The molecule has 1 atom stereocenters. The fourth-order valence-electron chi connectivity index (χ4n) is 4.03. The highest BCUT2D eigenvalue weighted by molar-refractivity contribution is 4.98. The van der Waals surface area contributed by atoms with E-state index < -0.39 is 0 Å². The molecular formula is C18H38N2. The lowest BCUT2D eigenvalue weighted by Crippen LogP contribution is -2.57. The van der Waals surface area contributed by atoms with Gasteiger partial charge in [-0.2, -0.15) is 0 Å². The monoisotopic (exact) mass is 282 g/mol. The fourth-order valence-corrected chi connectivity index (χ4v) is 4.03. The molecule has 0 aromatic rings. The maximum absolute atomic E-state index is 6.22. The number of hydrogen-bond donors (Lipinski definition) is 1. The van der Waals surface area contributed by atoms with Crippen molar-refractivity contribution < 1.29 is 0 Å². The van der Waals surface area contributed by atoms with E-state index in [4.69, 9.17) is 5.73 Å². The normalized spacial score (nSPS) is 30.0. The summed E-state index contributed by atoms with van der Waals surface area (Å²) in [6.07, 6.45) is 6.47. The van der Waals surface area contributed by atoms with E-state index in [9.17, 15) is 0 Å². The number of hydrogen-bond acceptors (Lipinski definition) is 2. The average molecular weight is 283 g/mol. The Morgan fingerprint density at radius 3 is 2.00 bits per heavy atom. The van der Waals surface area contributed by atoms with Gasteiger partial charge in [-0.15, -0.1) is 0 Å². The molecule has 2 nitrogen and oxygen atoms in total. The first-order valence-corrected chi connectivity index (χ1v) is 8.55. The summed E-state index contributed by atoms with van der Waals surface area (Å²) in [5, 5.41) is 0. The lowest BCUT2D eigenvalue weighted by atomic mass is 9.66. The minimum absolute atomic E-state index is 0.246. The Morgan fingerprint density at radius 2 is 1.65 bits per heavy atom. The van der Waals surface area contributed by atoms with Gasteiger partial charge in [0.1, 0.15) is 0 Å². The number of nitrogens with zero attached hydrogens (tertiary/aromatic N) is 1. The van der Waals surface area contributed by atoms with E-state index in [0.29, 0.717) is 11.5 Å². The molecule has 2 heteroatoms. The Morgan fingerprint density at radius 1 is 1.15 bits per heavy atom. The van der Waals surface area contributed by atoms with Crippen LogP contribution in [0.2, 0.25) is 0 Å². The van der Waals surface area contributed by atoms with Crippen LogP contribution in [-0.4, -0.2) is 30.1 Å². The van der Waals surface area contributed by atoms with Crippen LogP contribution >= 0.6 is 0 Å². The van der Waals surface area contributed by atoms with E-state index >= 15 is 0 Å². The van der Waals surface area contributed by atoms with Crippen molar-refractivity contribution in [1.82, 2.24) is 4.90 Å². The Labute approximate surface area is 127 Å². The summed E-state index contributed by atoms with van der Waals surface area (Å²) in [4.78, 5) is 2.60. The zero-order chi connectivity index (χ0) is 15.6. The third-order valence-electron chi connectivity index (χ3n) is 5.74. The first-order chi connectivity index (χ1) is 9.12. The van der Waals surface area contributed by atoms with Gasteiger partial charge in [0.2, 0.25) is 0 Å². The zero-order valence-electron chi connectivity index (χ0n) is 15.0. The number of rotatable bonds is 5. The molecule has 0 heterocycles. The Bertz CT molecular complexity index is 282. The summed E-state index contributed by atoms with van der Waals surface area (Å²) < 4.78 is 0. The van der Waals surface area contributed by atoms with Crippen molar-refractivity contribution in [2.75, 3.05) is 13.6 Å². The Kier molecular flexibility index (Phi) is 6.10. The predicted molar refractivity (Wildman–Crippen MR) is 89.9 cm³/mol.